The molecule has 3 heterocycles. The van der Waals surface area contributed by atoms with Crippen LogP contribution in [0.2, 0.25) is 0 Å². The number of ether oxygens (including phenoxy) is 1. The summed E-state index contributed by atoms with van der Waals surface area (Å²) in [6.45, 7) is 10.3. The molecule has 134 valence electrons. The number of morpholine rings is 1. The zero-order chi connectivity index (χ0) is 16.6. The number of piperazine rings is 1. The first kappa shape index (κ1) is 17.8. The van der Waals surface area contributed by atoms with Gasteiger partial charge in [-0.25, -0.2) is 0 Å². The van der Waals surface area contributed by atoms with Crippen molar-refractivity contribution in [1.29, 1.82) is 0 Å². The van der Waals surface area contributed by atoms with Crippen LogP contribution in [0.3, 0.4) is 0 Å². The minimum Gasteiger partial charge on any atom is -0.390 e. The maximum absolute atomic E-state index is 10.3. The quantitative estimate of drug-likeness (QED) is 0.754. The van der Waals surface area contributed by atoms with E-state index < -0.39 is 0 Å². The predicted octanol–water partition coefficient (Wildman–Crippen LogP) is -0.0652. The molecule has 0 unspecified atom stereocenters. The molecule has 1 aromatic heterocycles. The summed E-state index contributed by atoms with van der Waals surface area (Å²) in [6.07, 6.45) is 2.62. The first-order chi connectivity index (χ1) is 11.8. The van der Waals surface area contributed by atoms with E-state index in [1.54, 1.807) is 0 Å². The molecule has 1 atom stereocenters. The lowest BCUT2D eigenvalue weighted by molar-refractivity contribution is 0.00254. The maximum atomic E-state index is 10.3. The molecule has 6 nitrogen and oxygen atoms in total. The van der Waals surface area contributed by atoms with E-state index in [0.717, 1.165) is 78.5 Å². The number of nitrogens with zero attached hydrogens (tertiary/aromatic N) is 4. The molecule has 0 aromatic carbocycles. The van der Waals surface area contributed by atoms with E-state index in [4.69, 9.17) is 4.74 Å². The average Bonchev–Trinajstić information content (AvgIpc) is 2.63. The number of aliphatic hydroxyl groups excluding tert-OH is 1. The summed E-state index contributed by atoms with van der Waals surface area (Å²) in [5.41, 5.74) is 1.17. The summed E-state index contributed by atoms with van der Waals surface area (Å²) in [5, 5.41) is 10.3. The number of hydrogen-bond acceptors (Lipinski definition) is 6. The van der Waals surface area contributed by atoms with Gasteiger partial charge in [0.25, 0.3) is 0 Å². The average molecular weight is 334 g/mol. The maximum Gasteiger partial charge on any atom is 0.0793 e. The molecule has 1 N–H and O–H groups in total. The van der Waals surface area contributed by atoms with Gasteiger partial charge in [0.05, 0.1) is 19.3 Å². The first-order valence-electron chi connectivity index (χ1n) is 9.12. The van der Waals surface area contributed by atoms with Crippen molar-refractivity contribution >= 4 is 0 Å². The van der Waals surface area contributed by atoms with Gasteiger partial charge in [0.2, 0.25) is 0 Å². The van der Waals surface area contributed by atoms with Crippen molar-refractivity contribution in [2.75, 3.05) is 72.1 Å². The van der Waals surface area contributed by atoms with Crippen LogP contribution in [0, 0.1) is 0 Å². The molecule has 0 amide bonds. The van der Waals surface area contributed by atoms with Crippen molar-refractivity contribution < 1.29 is 9.84 Å². The van der Waals surface area contributed by atoms with Gasteiger partial charge in [0, 0.05) is 77.2 Å². The van der Waals surface area contributed by atoms with Crippen LogP contribution in [0.4, 0.5) is 0 Å². The van der Waals surface area contributed by atoms with Gasteiger partial charge in [-0.05, 0) is 12.1 Å². The summed E-state index contributed by atoms with van der Waals surface area (Å²) < 4.78 is 5.35. The molecule has 2 aliphatic heterocycles. The van der Waals surface area contributed by atoms with Gasteiger partial charge < -0.3 is 14.7 Å². The highest BCUT2D eigenvalue weighted by atomic mass is 16.5. The SMILES string of the molecule is O[C@@H](CN1CCOCC1)CN1CCN(CCc2ccccn2)CC1. The van der Waals surface area contributed by atoms with Crippen molar-refractivity contribution in [3.8, 4) is 0 Å². The number of rotatable bonds is 7. The Morgan fingerprint density at radius 1 is 0.958 bits per heavy atom. The largest absolute Gasteiger partial charge is 0.390 e. The molecule has 2 fully saturated rings. The molecule has 0 bridgehead atoms. The topological polar surface area (TPSA) is 52.1 Å². The summed E-state index contributed by atoms with van der Waals surface area (Å²) in [4.78, 5) is 11.6. The molecule has 2 aliphatic rings. The van der Waals surface area contributed by atoms with Crippen molar-refractivity contribution in [1.82, 2.24) is 19.7 Å². The van der Waals surface area contributed by atoms with Crippen LogP contribution in [0.15, 0.2) is 24.4 Å². The molecular weight excluding hydrogens is 304 g/mol. The zero-order valence-electron chi connectivity index (χ0n) is 14.5. The summed E-state index contributed by atoms with van der Waals surface area (Å²) >= 11 is 0. The molecular formula is C18H30N4O2. The molecule has 2 saturated heterocycles. The fourth-order valence-electron chi connectivity index (χ4n) is 3.45. The van der Waals surface area contributed by atoms with E-state index in [2.05, 4.69) is 31.8 Å². The Balaban J connectivity index is 1.31. The molecule has 0 saturated carbocycles. The van der Waals surface area contributed by atoms with Crippen LogP contribution in [0.1, 0.15) is 5.69 Å². The number of hydrogen-bond donors (Lipinski definition) is 1. The second-order valence-electron chi connectivity index (χ2n) is 6.78. The molecule has 3 rings (SSSR count). The van der Waals surface area contributed by atoms with Crippen LogP contribution in [0.5, 0.6) is 0 Å². The van der Waals surface area contributed by atoms with Crippen molar-refractivity contribution in [3.05, 3.63) is 30.1 Å². The Morgan fingerprint density at radius 2 is 1.62 bits per heavy atom. The summed E-state index contributed by atoms with van der Waals surface area (Å²) in [7, 11) is 0. The van der Waals surface area contributed by atoms with E-state index in [1.165, 1.54) is 5.69 Å². The minimum absolute atomic E-state index is 0.261. The third-order valence-corrected chi connectivity index (χ3v) is 4.92. The Kier molecular flexibility index (Phi) is 6.98. The van der Waals surface area contributed by atoms with E-state index in [9.17, 15) is 5.11 Å². The van der Waals surface area contributed by atoms with Gasteiger partial charge in [-0.15, -0.1) is 0 Å². The van der Waals surface area contributed by atoms with Crippen molar-refractivity contribution in [2.24, 2.45) is 0 Å². The highest BCUT2D eigenvalue weighted by Gasteiger charge is 2.21. The van der Waals surface area contributed by atoms with E-state index >= 15 is 0 Å². The molecule has 0 spiro atoms. The molecule has 1 aromatic rings. The van der Waals surface area contributed by atoms with Gasteiger partial charge in [-0.3, -0.25) is 14.8 Å². The Hall–Kier alpha value is -1.05. The van der Waals surface area contributed by atoms with Crippen molar-refractivity contribution in [2.45, 2.75) is 12.5 Å². The third-order valence-electron chi connectivity index (χ3n) is 4.92. The Morgan fingerprint density at radius 3 is 2.29 bits per heavy atom. The summed E-state index contributed by atoms with van der Waals surface area (Å²) in [6, 6.07) is 6.11. The number of pyridine rings is 1. The van der Waals surface area contributed by atoms with Crippen LogP contribution in [0.25, 0.3) is 0 Å². The van der Waals surface area contributed by atoms with Gasteiger partial charge in [0.1, 0.15) is 0 Å². The highest BCUT2D eigenvalue weighted by Crippen LogP contribution is 2.06. The van der Waals surface area contributed by atoms with Gasteiger partial charge in [-0.1, -0.05) is 6.07 Å². The monoisotopic (exact) mass is 334 g/mol. The minimum atomic E-state index is -0.261. The molecule has 6 heteroatoms. The summed E-state index contributed by atoms with van der Waals surface area (Å²) in [5.74, 6) is 0. The molecule has 24 heavy (non-hydrogen) atoms. The first-order valence-corrected chi connectivity index (χ1v) is 9.12. The lowest BCUT2D eigenvalue weighted by Gasteiger charge is -2.36. The molecule has 0 radical (unpaired) electrons. The van der Waals surface area contributed by atoms with E-state index in [-0.39, 0.29) is 6.10 Å². The Bertz CT molecular complexity index is 459. The number of aliphatic hydroxyl groups is 1. The van der Waals surface area contributed by atoms with Crippen LogP contribution in [-0.2, 0) is 11.2 Å². The fourth-order valence-corrected chi connectivity index (χ4v) is 3.45. The second kappa shape index (κ2) is 9.44. The normalized spacial score (nSPS) is 22.5. The predicted molar refractivity (Wildman–Crippen MR) is 94.1 cm³/mol. The van der Waals surface area contributed by atoms with Crippen LogP contribution < -0.4 is 0 Å². The fraction of sp³-hybridized carbons (Fsp3) is 0.722. The van der Waals surface area contributed by atoms with Gasteiger partial charge >= 0.3 is 0 Å². The van der Waals surface area contributed by atoms with Crippen molar-refractivity contribution in [3.63, 3.8) is 0 Å². The molecule has 0 aliphatic carbocycles. The van der Waals surface area contributed by atoms with E-state index in [0.29, 0.717) is 0 Å². The van der Waals surface area contributed by atoms with Crippen LogP contribution >= 0.6 is 0 Å². The smallest absolute Gasteiger partial charge is 0.0793 e. The lowest BCUT2D eigenvalue weighted by atomic mass is 10.2. The standard InChI is InChI=1S/C18H30N4O2/c23-18(16-22-11-13-24-14-12-22)15-21-9-7-20(8-10-21)6-4-17-3-1-2-5-19-17/h1-3,5,18,23H,4,6-16H2/t18-/m1/s1. The highest BCUT2D eigenvalue weighted by molar-refractivity contribution is 5.03. The number of aromatic nitrogens is 1. The van der Waals surface area contributed by atoms with Gasteiger partial charge in [0.15, 0.2) is 0 Å². The zero-order valence-corrected chi connectivity index (χ0v) is 14.5. The second-order valence-corrected chi connectivity index (χ2v) is 6.78. The Labute approximate surface area is 145 Å². The van der Waals surface area contributed by atoms with Crippen LogP contribution in [-0.4, -0.2) is 103 Å². The van der Waals surface area contributed by atoms with E-state index in [1.807, 2.05) is 12.3 Å². The van der Waals surface area contributed by atoms with Gasteiger partial charge in [-0.2, -0.15) is 0 Å². The third kappa shape index (κ3) is 5.79. The lowest BCUT2D eigenvalue weighted by Crippen LogP contribution is -2.51. The number of β-amino-alcohol motifs (C(OH)–C–C–N with tert-alkyl or cyclic N) is 1.